The molecule has 162 valence electrons. The molecule has 1 aliphatic heterocycles. The van der Waals surface area contributed by atoms with Gasteiger partial charge in [-0.3, -0.25) is 9.59 Å². The zero-order valence-corrected chi connectivity index (χ0v) is 17.8. The number of hydrogen-bond acceptors (Lipinski definition) is 6. The third kappa shape index (κ3) is 4.96. The zero-order valence-electron chi connectivity index (χ0n) is 17.8. The Morgan fingerprint density at radius 2 is 1.94 bits per heavy atom. The van der Waals surface area contributed by atoms with Crippen molar-refractivity contribution in [3.8, 4) is 0 Å². The number of benzene rings is 1. The minimum Gasteiger partial charge on any atom is -0.494 e. The van der Waals surface area contributed by atoms with Crippen molar-refractivity contribution in [2.75, 3.05) is 7.11 Å². The van der Waals surface area contributed by atoms with Crippen LogP contribution >= 0.6 is 0 Å². The van der Waals surface area contributed by atoms with E-state index in [4.69, 9.17) is 14.6 Å². The van der Waals surface area contributed by atoms with Crippen molar-refractivity contribution in [2.24, 2.45) is 0 Å². The Morgan fingerprint density at radius 3 is 2.61 bits per heavy atom. The molecule has 0 saturated carbocycles. The van der Waals surface area contributed by atoms with E-state index in [-0.39, 0.29) is 19.3 Å². The molecule has 1 saturated heterocycles. The summed E-state index contributed by atoms with van der Waals surface area (Å²) in [6, 6.07) is 7.83. The van der Waals surface area contributed by atoms with Crippen LogP contribution in [-0.2, 0) is 30.5 Å². The highest BCUT2D eigenvalue weighted by molar-refractivity contribution is 6.01. The standard InChI is InChI=1S/C23H26N3O5/c1-4-9-19(30-3)23-16(2)25(18-11-6-5-10-17(18)24-23)15-8-7-12-22(29)31-26-20(27)13-14-21(26)28/h4-6,9-11H,1,7-8,12-15H2,2-3H3/q+1/b19-9+. The average Bonchev–Trinajstić information content (AvgIpc) is 3.08. The molecular formula is C23H26N3O5+. The summed E-state index contributed by atoms with van der Waals surface area (Å²) in [5.41, 5.74) is 3.48. The van der Waals surface area contributed by atoms with Crippen molar-refractivity contribution in [3.63, 3.8) is 0 Å². The second-order valence-corrected chi connectivity index (χ2v) is 7.16. The SMILES string of the molecule is C=C/C=C(/OC)c1nc2ccccc2[n+](CCCCC(=O)ON2C(=O)CCC2=O)c1C. The van der Waals surface area contributed by atoms with Crippen molar-refractivity contribution < 1.29 is 28.5 Å². The number of amides is 2. The van der Waals surface area contributed by atoms with Gasteiger partial charge < -0.3 is 9.57 Å². The lowest BCUT2D eigenvalue weighted by molar-refractivity contribution is -0.678. The van der Waals surface area contributed by atoms with Gasteiger partial charge in [0.05, 0.1) is 7.11 Å². The number of fused-ring (bicyclic) bond motifs is 1. The number of aryl methyl sites for hydroxylation is 1. The smallest absolute Gasteiger partial charge is 0.333 e. The van der Waals surface area contributed by atoms with Crippen LogP contribution in [0.15, 0.2) is 43.0 Å². The summed E-state index contributed by atoms with van der Waals surface area (Å²) in [6.45, 7) is 6.36. The lowest BCUT2D eigenvalue weighted by Gasteiger charge is -2.12. The third-order valence-electron chi connectivity index (χ3n) is 5.09. The normalized spacial score (nSPS) is 14.3. The number of imide groups is 1. The highest BCUT2D eigenvalue weighted by Gasteiger charge is 2.32. The van der Waals surface area contributed by atoms with E-state index in [0.29, 0.717) is 30.2 Å². The number of hydroxylamine groups is 2. The van der Waals surface area contributed by atoms with Gasteiger partial charge in [-0.25, -0.2) is 9.78 Å². The molecule has 1 aromatic carbocycles. The van der Waals surface area contributed by atoms with Gasteiger partial charge in [0.25, 0.3) is 11.8 Å². The topological polar surface area (TPSA) is 89.7 Å². The quantitative estimate of drug-likeness (QED) is 0.202. The predicted molar refractivity (Wildman–Crippen MR) is 113 cm³/mol. The van der Waals surface area contributed by atoms with Crippen LogP contribution in [0.1, 0.15) is 43.5 Å². The van der Waals surface area contributed by atoms with Gasteiger partial charge in [-0.2, -0.15) is 4.57 Å². The fourth-order valence-corrected chi connectivity index (χ4v) is 3.51. The van der Waals surface area contributed by atoms with Gasteiger partial charge >= 0.3 is 5.97 Å². The summed E-state index contributed by atoms with van der Waals surface area (Å²) >= 11 is 0. The molecule has 0 radical (unpaired) electrons. The van der Waals surface area contributed by atoms with Crippen LogP contribution in [0.4, 0.5) is 0 Å². The molecule has 0 aliphatic carbocycles. The maximum Gasteiger partial charge on any atom is 0.333 e. The molecule has 1 fully saturated rings. The van der Waals surface area contributed by atoms with E-state index in [1.807, 2.05) is 31.2 Å². The summed E-state index contributed by atoms with van der Waals surface area (Å²) < 4.78 is 7.64. The van der Waals surface area contributed by atoms with Crippen molar-refractivity contribution in [1.82, 2.24) is 10.0 Å². The van der Waals surface area contributed by atoms with Crippen LogP contribution in [-0.4, -0.2) is 34.9 Å². The van der Waals surface area contributed by atoms with Gasteiger partial charge in [0.15, 0.2) is 11.5 Å². The van der Waals surface area contributed by atoms with E-state index < -0.39 is 17.8 Å². The first-order chi connectivity index (χ1) is 15.0. The first kappa shape index (κ1) is 22.1. The van der Waals surface area contributed by atoms with Gasteiger partial charge in [0.1, 0.15) is 12.1 Å². The summed E-state index contributed by atoms with van der Waals surface area (Å²) in [6.07, 6.45) is 4.96. The summed E-state index contributed by atoms with van der Waals surface area (Å²) in [5, 5.41) is 0.585. The Morgan fingerprint density at radius 1 is 1.23 bits per heavy atom. The second kappa shape index (κ2) is 9.97. The van der Waals surface area contributed by atoms with Gasteiger partial charge in [0, 0.05) is 38.7 Å². The number of unbranched alkanes of at least 4 members (excludes halogenated alkanes) is 1. The molecular weight excluding hydrogens is 398 g/mol. The fraction of sp³-hybridized carbons (Fsp3) is 0.348. The van der Waals surface area contributed by atoms with Gasteiger partial charge in [0.2, 0.25) is 11.2 Å². The first-order valence-electron chi connectivity index (χ1n) is 10.2. The molecule has 1 aromatic heterocycles. The second-order valence-electron chi connectivity index (χ2n) is 7.16. The van der Waals surface area contributed by atoms with Crippen LogP contribution in [0.2, 0.25) is 0 Å². The largest absolute Gasteiger partial charge is 0.494 e. The monoisotopic (exact) mass is 424 g/mol. The minimum absolute atomic E-state index is 0.0866. The molecule has 8 nitrogen and oxygen atoms in total. The number of carbonyl (C=O) groups is 3. The number of hydrogen-bond donors (Lipinski definition) is 0. The summed E-state index contributed by atoms with van der Waals surface area (Å²) in [7, 11) is 1.59. The lowest BCUT2D eigenvalue weighted by Crippen LogP contribution is -2.40. The first-order valence-corrected chi connectivity index (χ1v) is 10.2. The Hall–Kier alpha value is -3.55. The van der Waals surface area contributed by atoms with Crippen LogP contribution in [0, 0.1) is 6.92 Å². The van der Waals surface area contributed by atoms with Crippen LogP contribution in [0.5, 0.6) is 0 Å². The molecule has 0 atom stereocenters. The van der Waals surface area contributed by atoms with E-state index >= 15 is 0 Å². The van der Waals surface area contributed by atoms with Crippen LogP contribution in [0.3, 0.4) is 0 Å². The van der Waals surface area contributed by atoms with Crippen molar-refractivity contribution in [3.05, 3.63) is 54.4 Å². The van der Waals surface area contributed by atoms with Crippen LogP contribution < -0.4 is 4.57 Å². The Bertz CT molecular complexity index is 1040. The van der Waals surface area contributed by atoms with Crippen molar-refractivity contribution in [2.45, 2.75) is 45.6 Å². The Balaban J connectivity index is 1.71. The Kier molecular flexibility index (Phi) is 7.12. The Labute approximate surface area is 180 Å². The molecule has 2 amide bonds. The number of carbonyl (C=O) groups excluding carboxylic acids is 3. The number of rotatable bonds is 9. The molecule has 0 unspecified atom stereocenters. The highest BCUT2D eigenvalue weighted by atomic mass is 16.7. The van der Waals surface area contributed by atoms with Gasteiger partial charge in [-0.05, 0) is 18.6 Å². The molecule has 2 heterocycles. The minimum atomic E-state index is -0.582. The highest BCUT2D eigenvalue weighted by Crippen LogP contribution is 2.19. The molecule has 0 N–H and O–H groups in total. The molecule has 31 heavy (non-hydrogen) atoms. The zero-order chi connectivity index (χ0) is 22.4. The molecule has 0 bridgehead atoms. The van der Waals surface area contributed by atoms with Gasteiger partial charge in [-0.15, -0.1) is 5.06 Å². The van der Waals surface area contributed by atoms with Crippen molar-refractivity contribution >= 4 is 34.6 Å². The molecule has 1 aliphatic rings. The van der Waals surface area contributed by atoms with E-state index in [1.165, 1.54) is 0 Å². The molecule has 3 rings (SSSR count). The fourth-order valence-electron chi connectivity index (χ4n) is 3.51. The van der Waals surface area contributed by atoms with E-state index in [0.717, 1.165) is 22.4 Å². The predicted octanol–water partition coefficient (Wildman–Crippen LogP) is 2.78. The molecule has 2 aromatic rings. The maximum atomic E-state index is 12.0. The van der Waals surface area contributed by atoms with E-state index in [2.05, 4.69) is 11.1 Å². The van der Waals surface area contributed by atoms with E-state index in [9.17, 15) is 14.4 Å². The third-order valence-corrected chi connectivity index (χ3v) is 5.09. The number of ether oxygens (including phenoxy) is 1. The van der Waals surface area contributed by atoms with Gasteiger partial charge in [-0.1, -0.05) is 24.8 Å². The number of allylic oxidation sites excluding steroid dienone is 2. The van der Waals surface area contributed by atoms with E-state index in [1.54, 1.807) is 19.3 Å². The number of aromatic nitrogens is 2. The molecule has 0 spiro atoms. The molecule has 8 heteroatoms. The maximum absolute atomic E-state index is 12.0. The summed E-state index contributed by atoms with van der Waals surface area (Å²) in [5.74, 6) is -0.902. The lowest BCUT2D eigenvalue weighted by atomic mass is 10.1. The number of methoxy groups -OCH3 is 1. The van der Waals surface area contributed by atoms with Crippen LogP contribution in [0.25, 0.3) is 16.8 Å². The average molecular weight is 424 g/mol. The number of para-hydroxylation sites is 2. The van der Waals surface area contributed by atoms with Crippen molar-refractivity contribution in [1.29, 1.82) is 0 Å². The summed E-state index contributed by atoms with van der Waals surface area (Å²) in [4.78, 5) is 44.8. The number of nitrogens with zero attached hydrogens (tertiary/aromatic N) is 3.